The Kier molecular flexibility index (Phi) is 4.74. The molecule has 0 aromatic heterocycles. The Morgan fingerprint density at radius 2 is 2.37 bits per heavy atom. The highest BCUT2D eigenvalue weighted by Crippen LogP contribution is 2.25. The van der Waals surface area contributed by atoms with E-state index >= 15 is 0 Å². The number of nitro groups is 1. The van der Waals surface area contributed by atoms with Gasteiger partial charge in [0.15, 0.2) is 0 Å². The van der Waals surface area contributed by atoms with Crippen molar-refractivity contribution in [1.29, 1.82) is 0 Å². The molecule has 5 nitrogen and oxygen atoms in total. The van der Waals surface area contributed by atoms with Crippen molar-refractivity contribution in [3.63, 3.8) is 0 Å². The summed E-state index contributed by atoms with van der Waals surface area (Å²) < 4.78 is 0. The predicted octanol–water partition coefficient (Wildman–Crippen LogP) is 2.70. The van der Waals surface area contributed by atoms with Crippen molar-refractivity contribution in [3.05, 3.63) is 33.9 Å². The van der Waals surface area contributed by atoms with Gasteiger partial charge in [-0.2, -0.15) is 0 Å². The van der Waals surface area contributed by atoms with E-state index < -0.39 is 0 Å². The van der Waals surface area contributed by atoms with Gasteiger partial charge in [-0.15, -0.1) is 0 Å². The van der Waals surface area contributed by atoms with Crippen LogP contribution in [0.3, 0.4) is 0 Å². The number of nitrogens with zero attached hydrogens (tertiary/aromatic N) is 1. The van der Waals surface area contributed by atoms with E-state index in [-0.39, 0.29) is 10.6 Å². The van der Waals surface area contributed by atoms with Crippen LogP contribution in [0.4, 0.5) is 11.4 Å². The number of hydrogen-bond donors (Lipinski definition) is 2. The van der Waals surface area contributed by atoms with Crippen molar-refractivity contribution in [2.24, 2.45) is 5.92 Å². The number of piperidine rings is 1. The van der Waals surface area contributed by atoms with Gasteiger partial charge >= 0.3 is 0 Å². The third-order valence-corrected chi connectivity index (χ3v) is 3.62. The summed E-state index contributed by atoms with van der Waals surface area (Å²) in [6.07, 6.45) is 3.54. The minimum atomic E-state index is -0.322. The first-order valence-electron chi connectivity index (χ1n) is 6.86. The summed E-state index contributed by atoms with van der Waals surface area (Å²) in [7, 11) is 0. The summed E-state index contributed by atoms with van der Waals surface area (Å²) in [5.74, 6) is 0.686. The Bertz CT molecular complexity index is 442. The summed E-state index contributed by atoms with van der Waals surface area (Å²) in [6, 6.07) is 5.31. The van der Waals surface area contributed by atoms with E-state index in [2.05, 4.69) is 10.6 Å². The molecule has 1 unspecified atom stereocenters. The Morgan fingerprint density at radius 1 is 1.53 bits per heavy atom. The maximum atomic E-state index is 11.0. The molecule has 0 spiro atoms. The quantitative estimate of drug-likeness (QED) is 0.633. The highest BCUT2D eigenvalue weighted by atomic mass is 16.6. The molecule has 5 heteroatoms. The van der Waals surface area contributed by atoms with E-state index in [0.717, 1.165) is 31.6 Å². The topological polar surface area (TPSA) is 67.2 Å². The van der Waals surface area contributed by atoms with Crippen LogP contribution in [0.15, 0.2) is 18.2 Å². The second-order valence-electron chi connectivity index (χ2n) is 5.21. The first-order valence-corrected chi connectivity index (χ1v) is 6.86. The summed E-state index contributed by atoms with van der Waals surface area (Å²) in [6.45, 7) is 4.84. The highest BCUT2D eigenvalue weighted by molar-refractivity contribution is 5.62. The number of aryl methyl sites for hydroxylation is 1. The van der Waals surface area contributed by atoms with Gasteiger partial charge in [0.25, 0.3) is 5.69 Å². The second-order valence-corrected chi connectivity index (χ2v) is 5.21. The molecular formula is C14H21N3O2. The Morgan fingerprint density at radius 3 is 3.05 bits per heavy atom. The lowest BCUT2D eigenvalue weighted by Crippen LogP contribution is -2.30. The van der Waals surface area contributed by atoms with E-state index in [4.69, 9.17) is 0 Å². The molecule has 1 atom stereocenters. The summed E-state index contributed by atoms with van der Waals surface area (Å²) in [5, 5.41) is 17.6. The van der Waals surface area contributed by atoms with Gasteiger partial charge in [-0.25, -0.2) is 0 Å². The minimum Gasteiger partial charge on any atom is -0.379 e. The predicted molar refractivity (Wildman–Crippen MR) is 76.5 cm³/mol. The van der Waals surface area contributed by atoms with Gasteiger partial charge in [-0.3, -0.25) is 10.1 Å². The molecule has 0 aliphatic carbocycles. The first kappa shape index (κ1) is 13.8. The molecule has 1 heterocycles. The number of nitro benzene ring substituents is 1. The Labute approximate surface area is 113 Å². The van der Waals surface area contributed by atoms with E-state index in [1.54, 1.807) is 12.1 Å². The van der Waals surface area contributed by atoms with E-state index in [9.17, 15) is 10.1 Å². The van der Waals surface area contributed by atoms with Crippen LogP contribution in [0.5, 0.6) is 0 Å². The molecule has 1 aromatic rings. The zero-order valence-electron chi connectivity index (χ0n) is 11.3. The van der Waals surface area contributed by atoms with Crippen LogP contribution in [0.2, 0.25) is 0 Å². The molecule has 0 amide bonds. The maximum Gasteiger partial charge on any atom is 0.292 e. The number of benzene rings is 1. The van der Waals surface area contributed by atoms with Crippen LogP contribution in [-0.4, -0.2) is 24.6 Å². The number of anilines is 1. The van der Waals surface area contributed by atoms with Crippen molar-refractivity contribution < 1.29 is 4.92 Å². The molecule has 1 aliphatic heterocycles. The largest absolute Gasteiger partial charge is 0.379 e. The third-order valence-electron chi connectivity index (χ3n) is 3.62. The van der Waals surface area contributed by atoms with Gasteiger partial charge < -0.3 is 10.6 Å². The van der Waals surface area contributed by atoms with E-state index in [0.29, 0.717) is 11.6 Å². The van der Waals surface area contributed by atoms with Crippen LogP contribution < -0.4 is 10.6 Å². The van der Waals surface area contributed by atoms with Crippen LogP contribution in [0, 0.1) is 23.0 Å². The first-order chi connectivity index (χ1) is 9.16. The summed E-state index contributed by atoms with van der Waals surface area (Å²) in [4.78, 5) is 10.7. The van der Waals surface area contributed by atoms with Gasteiger partial charge in [-0.05, 0) is 56.8 Å². The lowest BCUT2D eigenvalue weighted by atomic mass is 9.96. The molecule has 0 radical (unpaired) electrons. The molecule has 2 rings (SSSR count). The smallest absolute Gasteiger partial charge is 0.292 e. The molecule has 1 fully saturated rings. The number of rotatable bonds is 5. The summed E-state index contributed by atoms with van der Waals surface area (Å²) >= 11 is 0. The van der Waals surface area contributed by atoms with Gasteiger partial charge in [-0.1, -0.05) is 6.07 Å². The average Bonchev–Trinajstić information content (AvgIpc) is 2.41. The van der Waals surface area contributed by atoms with Crippen LogP contribution in [0.1, 0.15) is 24.8 Å². The lowest BCUT2D eigenvalue weighted by Gasteiger charge is -2.22. The zero-order chi connectivity index (χ0) is 13.7. The van der Waals surface area contributed by atoms with Crippen LogP contribution >= 0.6 is 0 Å². The maximum absolute atomic E-state index is 11.0. The molecule has 0 bridgehead atoms. The Balaban J connectivity index is 1.89. The van der Waals surface area contributed by atoms with Crippen LogP contribution in [-0.2, 0) is 0 Å². The summed E-state index contributed by atoms with van der Waals surface area (Å²) in [5.41, 5.74) is 1.70. The van der Waals surface area contributed by atoms with Gasteiger partial charge in [0, 0.05) is 12.6 Å². The highest BCUT2D eigenvalue weighted by Gasteiger charge is 2.15. The van der Waals surface area contributed by atoms with Crippen molar-refractivity contribution in [2.75, 3.05) is 25.0 Å². The molecule has 1 aliphatic rings. The average molecular weight is 263 g/mol. The molecule has 19 heavy (non-hydrogen) atoms. The molecular weight excluding hydrogens is 242 g/mol. The monoisotopic (exact) mass is 263 g/mol. The lowest BCUT2D eigenvalue weighted by molar-refractivity contribution is -0.384. The zero-order valence-corrected chi connectivity index (χ0v) is 11.3. The van der Waals surface area contributed by atoms with Gasteiger partial charge in [0.2, 0.25) is 0 Å². The van der Waals surface area contributed by atoms with Crippen molar-refractivity contribution in [1.82, 2.24) is 5.32 Å². The van der Waals surface area contributed by atoms with Gasteiger partial charge in [0.1, 0.15) is 5.69 Å². The van der Waals surface area contributed by atoms with E-state index in [1.165, 1.54) is 12.8 Å². The number of hydrogen-bond acceptors (Lipinski definition) is 4. The Hall–Kier alpha value is -1.62. The third kappa shape index (κ3) is 3.92. The normalized spacial score (nSPS) is 19.1. The fraction of sp³-hybridized carbons (Fsp3) is 0.571. The standard InChI is InChI=1S/C14H21N3O2/c1-11-4-5-13(14(9-11)17(18)19)16-8-6-12-3-2-7-15-10-12/h4-5,9,12,15-16H,2-3,6-8,10H2,1H3. The molecule has 0 saturated carbocycles. The van der Waals surface area contributed by atoms with Gasteiger partial charge in [0.05, 0.1) is 4.92 Å². The van der Waals surface area contributed by atoms with E-state index in [1.807, 2.05) is 13.0 Å². The molecule has 2 N–H and O–H groups in total. The van der Waals surface area contributed by atoms with Crippen molar-refractivity contribution in [2.45, 2.75) is 26.2 Å². The molecule has 1 aromatic carbocycles. The van der Waals surface area contributed by atoms with Crippen LogP contribution in [0.25, 0.3) is 0 Å². The van der Waals surface area contributed by atoms with Crippen molar-refractivity contribution in [3.8, 4) is 0 Å². The fourth-order valence-corrected chi connectivity index (χ4v) is 2.52. The number of nitrogens with one attached hydrogen (secondary N) is 2. The molecule has 104 valence electrons. The molecule has 1 saturated heterocycles. The minimum absolute atomic E-state index is 0.168. The fourth-order valence-electron chi connectivity index (χ4n) is 2.52. The second kappa shape index (κ2) is 6.52. The van der Waals surface area contributed by atoms with Crippen molar-refractivity contribution >= 4 is 11.4 Å². The SMILES string of the molecule is Cc1ccc(NCCC2CCCNC2)c([N+](=O)[O-])c1.